The smallest absolute Gasteiger partial charge is 0.341 e. The molecule has 0 aliphatic heterocycles. The Morgan fingerprint density at radius 2 is 1.07 bits per heavy atom. The molecule has 0 aliphatic carbocycles. The summed E-state index contributed by atoms with van der Waals surface area (Å²) in [6, 6.07) is 29.5. The summed E-state index contributed by atoms with van der Waals surface area (Å²) < 4.78 is 40.8. The predicted molar refractivity (Wildman–Crippen MR) is 207 cm³/mol. The zero-order valence-corrected chi connectivity index (χ0v) is 31.9. The molecule has 2 N–H and O–H groups in total. The van der Waals surface area contributed by atoms with Gasteiger partial charge in [-0.05, 0) is 72.8 Å². The third kappa shape index (κ3) is 10.4. The maximum atomic E-state index is 12.7. The second-order valence-corrected chi connectivity index (χ2v) is 11.4. The highest BCUT2D eigenvalue weighted by Gasteiger charge is 2.25. The number of phenolic OH excluding ortho intramolecular Hbond substituents is 1. The van der Waals surface area contributed by atoms with Crippen molar-refractivity contribution in [2.45, 2.75) is 0 Å². The van der Waals surface area contributed by atoms with Crippen molar-refractivity contribution in [3.8, 4) is 40.2 Å². The number of esters is 2. The van der Waals surface area contributed by atoms with E-state index in [1.807, 2.05) is 0 Å². The Kier molecular flexibility index (Phi) is 15.0. The van der Waals surface area contributed by atoms with Crippen LogP contribution < -0.4 is 23.7 Å². The van der Waals surface area contributed by atoms with Crippen LogP contribution in [-0.2, 0) is 9.47 Å². The molecular formula is C43H40O14. The first-order valence-electron chi connectivity index (χ1n) is 16.9. The van der Waals surface area contributed by atoms with Gasteiger partial charge in [0.05, 0.1) is 59.2 Å². The molecule has 0 unspecified atom stereocenters. The summed E-state index contributed by atoms with van der Waals surface area (Å²) in [4.78, 5) is 47.7. The minimum atomic E-state index is -0.531. The van der Waals surface area contributed by atoms with Gasteiger partial charge in [-0.1, -0.05) is 36.4 Å². The Hall–Kier alpha value is -7.48. The monoisotopic (exact) mass is 780 g/mol. The zero-order valence-electron chi connectivity index (χ0n) is 31.9. The SMILES string of the molecule is COC(=O)c1ccccc1O.COC(=O)c1ccccc1OCC(=O)c1cc(OC)ccc1OC.COc1ccc(OC)c(C(=O)c2oc3ccccc3c2O)c1. The minimum absolute atomic E-state index is 0.0562. The van der Waals surface area contributed by atoms with Gasteiger partial charge in [-0.25, -0.2) is 9.59 Å². The number of aromatic hydroxyl groups is 2. The standard InChI is InChI=1S/C18H18O6.C17H14O5.C8H8O3/c1-21-12-8-9-16(22-2)14(10-12)15(19)11-24-17-7-5-4-6-13(17)18(20)23-3;1-20-10-7-8-13(21-2)12(9-10)16(19)17-15(18)11-5-3-4-6-14(11)22-17;1-11-8(10)6-4-2-3-5-7(6)9/h4-10H,11H2,1-3H3;3-9,18H,1-2H3;2-5,9H,1H3. The number of benzene rings is 5. The second kappa shape index (κ2) is 20.3. The van der Waals surface area contributed by atoms with E-state index >= 15 is 0 Å². The first-order chi connectivity index (χ1) is 27.5. The van der Waals surface area contributed by atoms with Crippen LogP contribution in [0.1, 0.15) is 47.2 Å². The van der Waals surface area contributed by atoms with Crippen molar-refractivity contribution in [1.82, 2.24) is 0 Å². The van der Waals surface area contributed by atoms with Crippen molar-refractivity contribution in [3.05, 3.63) is 137 Å². The van der Waals surface area contributed by atoms with E-state index < -0.39 is 17.7 Å². The lowest BCUT2D eigenvalue weighted by Gasteiger charge is -2.12. The third-order valence-electron chi connectivity index (χ3n) is 8.09. The van der Waals surface area contributed by atoms with Gasteiger partial charge in [0.25, 0.3) is 0 Å². The highest BCUT2D eigenvalue weighted by atomic mass is 16.5. The Balaban J connectivity index is 0.000000202. The Morgan fingerprint density at radius 1 is 0.544 bits per heavy atom. The summed E-state index contributed by atoms with van der Waals surface area (Å²) in [7, 11) is 8.52. The van der Waals surface area contributed by atoms with Crippen LogP contribution in [0.15, 0.2) is 114 Å². The van der Waals surface area contributed by atoms with Crippen LogP contribution in [0.5, 0.6) is 40.2 Å². The number of phenols is 1. The lowest BCUT2D eigenvalue weighted by atomic mass is 10.1. The first-order valence-corrected chi connectivity index (χ1v) is 16.9. The molecule has 0 atom stereocenters. The molecule has 0 amide bonds. The van der Waals surface area contributed by atoms with E-state index in [2.05, 4.69) is 4.74 Å². The van der Waals surface area contributed by atoms with Crippen LogP contribution in [0.3, 0.4) is 0 Å². The summed E-state index contributed by atoms with van der Waals surface area (Å²) in [6.07, 6.45) is 0. The molecule has 0 radical (unpaired) electrons. The van der Waals surface area contributed by atoms with E-state index in [0.29, 0.717) is 39.5 Å². The number of fused-ring (bicyclic) bond motifs is 1. The molecule has 296 valence electrons. The van der Waals surface area contributed by atoms with Gasteiger partial charge in [0.1, 0.15) is 51.2 Å². The molecule has 0 saturated carbocycles. The topological polar surface area (TPSA) is 186 Å². The molecule has 0 fully saturated rings. The number of hydrogen-bond acceptors (Lipinski definition) is 14. The summed E-state index contributed by atoms with van der Waals surface area (Å²) >= 11 is 0. The van der Waals surface area contributed by atoms with Gasteiger partial charge in [0, 0.05) is 0 Å². The largest absolute Gasteiger partial charge is 0.507 e. The van der Waals surface area contributed by atoms with Crippen LogP contribution in [0.25, 0.3) is 11.0 Å². The van der Waals surface area contributed by atoms with Crippen molar-refractivity contribution in [2.75, 3.05) is 49.3 Å². The number of para-hydroxylation sites is 3. The Morgan fingerprint density at radius 3 is 1.65 bits per heavy atom. The summed E-state index contributed by atoms with van der Waals surface area (Å²) in [5, 5.41) is 19.8. The number of Topliss-reactive ketones (excluding diaryl/α,β-unsaturated/α-hetero) is 1. The van der Waals surface area contributed by atoms with E-state index in [9.17, 15) is 24.3 Å². The van der Waals surface area contributed by atoms with Crippen molar-refractivity contribution >= 4 is 34.5 Å². The number of rotatable bonds is 12. The molecule has 0 spiro atoms. The van der Waals surface area contributed by atoms with Gasteiger partial charge >= 0.3 is 11.9 Å². The Labute approximate surface area is 327 Å². The normalized spacial score (nSPS) is 10.1. The van der Waals surface area contributed by atoms with E-state index in [1.165, 1.54) is 54.8 Å². The molecule has 14 nitrogen and oxygen atoms in total. The van der Waals surface area contributed by atoms with E-state index in [-0.39, 0.29) is 52.1 Å². The van der Waals surface area contributed by atoms with Gasteiger partial charge in [0.15, 0.2) is 12.4 Å². The summed E-state index contributed by atoms with van der Waals surface area (Å²) in [5.41, 5.74) is 1.49. The fourth-order valence-electron chi connectivity index (χ4n) is 5.18. The molecule has 0 bridgehead atoms. The number of ether oxygens (including phenoxy) is 7. The lowest BCUT2D eigenvalue weighted by Crippen LogP contribution is -2.15. The van der Waals surface area contributed by atoms with Crippen molar-refractivity contribution in [2.24, 2.45) is 0 Å². The molecule has 6 aromatic rings. The van der Waals surface area contributed by atoms with E-state index in [1.54, 1.807) is 97.1 Å². The number of hydrogen-bond donors (Lipinski definition) is 2. The van der Waals surface area contributed by atoms with Gasteiger partial charge in [-0.2, -0.15) is 0 Å². The van der Waals surface area contributed by atoms with Crippen LogP contribution in [0.4, 0.5) is 0 Å². The predicted octanol–water partition coefficient (Wildman–Crippen LogP) is 7.32. The van der Waals surface area contributed by atoms with Gasteiger partial charge in [0.2, 0.25) is 17.3 Å². The van der Waals surface area contributed by atoms with Crippen molar-refractivity contribution in [3.63, 3.8) is 0 Å². The number of methoxy groups -OCH3 is 6. The quantitative estimate of drug-likeness (QED) is 0.0929. The minimum Gasteiger partial charge on any atom is -0.507 e. The average molecular weight is 781 g/mol. The Bertz CT molecular complexity index is 2340. The van der Waals surface area contributed by atoms with E-state index in [0.717, 1.165) is 0 Å². The zero-order chi connectivity index (χ0) is 41.5. The number of carbonyl (C=O) groups excluding carboxylic acids is 4. The van der Waals surface area contributed by atoms with Gasteiger partial charge < -0.3 is 47.8 Å². The molecule has 57 heavy (non-hydrogen) atoms. The molecule has 5 aromatic carbocycles. The van der Waals surface area contributed by atoms with Crippen LogP contribution in [0.2, 0.25) is 0 Å². The summed E-state index contributed by atoms with van der Waals surface area (Å²) in [6.45, 7) is -0.252. The third-order valence-corrected chi connectivity index (χ3v) is 8.09. The number of furan rings is 1. The highest BCUT2D eigenvalue weighted by molar-refractivity contribution is 6.13. The molecule has 1 aromatic heterocycles. The highest BCUT2D eigenvalue weighted by Crippen LogP contribution is 2.36. The maximum Gasteiger partial charge on any atom is 0.341 e. The van der Waals surface area contributed by atoms with Crippen molar-refractivity contribution < 1.29 is 67.0 Å². The molecule has 0 saturated heterocycles. The van der Waals surface area contributed by atoms with Crippen LogP contribution in [0, 0.1) is 0 Å². The maximum absolute atomic E-state index is 12.7. The molecular weight excluding hydrogens is 740 g/mol. The molecule has 1 heterocycles. The fourth-order valence-corrected chi connectivity index (χ4v) is 5.18. The van der Waals surface area contributed by atoms with Gasteiger partial charge in [-0.3, -0.25) is 9.59 Å². The summed E-state index contributed by atoms with van der Waals surface area (Å²) in [5.74, 6) is -0.0442. The van der Waals surface area contributed by atoms with Crippen LogP contribution >= 0.6 is 0 Å². The second-order valence-electron chi connectivity index (χ2n) is 11.4. The van der Waals surface area contributed by atoms with Crippen LogP contribution in [-0.4, -0.2) is 83.0 Å². The molecule has 6 rings (SSSR count). The molecule has 14 heteroatoms. The number of ketones is 2. The average Bonchev–Trinajstić information content (AvgIpc) is 3.60. The lowest BCUT2D eigenvalue weighted by molar-refractivity contribution is 0.0587. The molecule has 0 aliphatic rings. The fraction of sp³-hybridized carbons (Fsp3) is 0.163. The first kappa shape index (κ1) is 42.3. The van der Waals surface area contributed by atoms with Crippen molar-refractivity contribution in [1.29, 1.82) is 0 Å². The van der Waals surface area contributed by atoms with E-state index in [4.69, 9.17) is 37.9 Å². The number of carbonyl (C=O) groups is 4. The van der Waals surface area contributed by atoms with Gasteiger partial charge in [-0.15, -0.1) is 0 Å².